The maximum Gasteiger partial charge on any atom is 0.339 e. The predicted octanol–water partition coefficient (Wildman–Crippen LogP) is 1.79. The number of amides is 1. The van der Waals surface area contributed by atoms with Gasteiger partial charge >= 0.3 is 5.97 Å². The van der Waals surface area contributed by atoms with E-state index < -0.39 is 5.97 Å². The number of ether oxygens (including phenoxy) is 1. The molecule has 1 aromatic carbocycles. The summed E-state index contributed by atoms with van der Waals surface area (Å²) in [6, 6.07) is 9.79. The first kappa shape index (κ1) is 16.8. The van der Waals surface area contributed by atoms with E-state index in [0.717, 1.165) is 5.56 Å². The van der Waals surface area contributed by atoms with Crippen molar-refractivity contribution >= 4 is 23.5 Å². The van der Waals surface area contributed by atoms with Crippen LogP contribution in [0.5, 0.6) is 0 Å². The molecule has 0 saturated heterocycles. The zero-order valence-corrected chi connectivity index (χ0v) is 13.2. The minimum absolute atomic E-state index is 0.213. The second kappa shape index (κ2) is 7.60. The number of carbonyl (C=O) groups excluding carboxylic acids is 2. The highest BCUT2D eigenvalue weighted by Gasteiger charge is 2.14. The van der Waals surface area contributed by atoms with Gasteiger partial charge in [0.25, 0.3) is 5.91 Å². The van der Waals surface area contributed by atoms with Crippen LogP contribution in [-0.2, 0) is 16.1 Å². The van der Waals surface area contributed by atoms with Gasteiger partial charge in [-0.25, -0.2) is 4.79 Å². The average Bonchev–Trinajstić information content (AvgIpc) is 2.55. The zero-order chi connectivity index (χ0) is 16.8. The van der Waals surface area contributed by atoms with Crippen LogP contribution in [0.4, 0.5) is 0 Å². The first-order valence-corrected chi connectivity index (χ1v) is 7.18. The SMILES string of the molecule is CN(Cc1ccc(Cl)cc1)C(=O)COC(=O)c1cc[n+]([O-])cc1. The number of aromatic nitrogens is 1. The fourth-order valence-electron chi connectivity index (χ4n) is 1.82. The van der Waals surface area contributed by atoms with Gasteiger partial charge in [0.05, 0.1) is 5.56 Å². The van der Waals surface area contributed by atoms with E-state index in [1.54, 1.807) is 19.2 Å². The largest absolute Gasteiger partial charge is 0.619 e. The third-order valence-electron chi connectivity index (χ3n) is 3.12. The molecular weight excluding hydrogens is 320 g/mol. The molecule has 1 amide bonds. The fraction of sp³-hybridized carbons (Fsp3) is 0.188. The van der Waals surface area contributed by atoms with Gasteiger partial charge in [0.15, 0.2) is 19.0 Å². The highest BCUT2D eigenvalue weighted by molar-refractivity contribution is 6.30. The van der Waals surface area contributed by atoms with E-state index in [4.69, 9.17) is 16.3 Å². The summed E-state index contributed by atoms with van der Waals surface area (Å²) in [4.78, 5) is 25.2. The fourth-order valence-corrected chi connectivity index (χ4v) is 1.95. The van der Waals surface area contributed by atoms with Crippen molar-refractivity contribution in [1.82, 2.24) is 4.90 Å². The van der Waals surface area contributed by atoms with Gasteiger partial charge in [-0.2, -0.15) is 4.73 Å². The Hall–Kier alpha value is -2.60. The second-order valence-electron chi connectivity index (χ2n) is 4.90. The molecule has 0 aliphatic carbocycles. The molecule has 0 aliphatic heterocycles. The molecule has 0 atom stereocenters. The van der Waals surface area contributed by atoms with Crippen molar-refractivity contribution in [2.24, 2.45) is 0 Å². The summed E-state index contributed by atoms with van der Waals surface area (Å²) < 4.78 is 5.50. The Morgan fingerprint density at radius 3 is 2.39 bits per heavy atom. The number of halogens is 1. The summed E-state index contributed by atoms with van der Waals surface area (Å²) in [6.07, 6.45) is 2.37. The van der Waals surface area contributed by atoms with E-state index in [9.17, 15) is 14.8 Å². The Labute approximate surface area is 138 Å². The number of esters is 1. The highest BCUT2D eigenvalue weighted by Crippen LogP contribution is 2.11. The molecule has 0 unspecified atom stereocenters. The van der Waals surface area contributed by atoms with Crippen LogP contribution in [0.3, 0.4) is 0 Å². The van der Waals surface area contributed by atoms with E-state index >= 15 is 0 Å². The molecular formula is C16H15ClN2O4. The minimum atomic E-state index is -0.654. The van der Waals surface area contributed by atoms with Crippen molar-refractivity contribution in [3.05, 3.63) is 70.1 Å². The number of rotatable bonds is 5. The summed E-state index contributed by atoms with van der Waals surface area (Å²) in [5.74, 6) is -0.984. The molecule has 0 bridgehead atoms. The highest BCUT2D eigenvalue weighted by atomic mass is 35.5. The van der Waals surface area contributed by atoms with E-state index in [1.807, 2.05) is 12.1 Å². The summed E-state index contributed by atoms with van der Waals surface area (Å²) in [7, 11) is 1.62. The molecule has 2 rings (SSSR count). The molecule has 0 aliphatic rings. The second-order valence-corrected chi connectivity index (χ2v) is 5.34. The van der Waals surface area contributed by atoms with Crippen LogP contribution < -0.4 is 4.73 Å². The lowest BCUT2D eigenvalue weighted by atomic mass is 10.2. The third kappa shape index (κ3) is 4.96. The Kier molecular flexibility index (Phi) is 5.54. The minimum Gasteiger partial charge on any atom is -0.619 e. The van der Waals surface area contributed by atoms with Crippen LogP contribution in [-0.4, -0.2) is 30.4 Å². The predicted molar refractivity (Wildman–Crippen MR) is 83.6 cm³/mol. The van der Waals surface area contributed by atoms with Crippen LogP contribution in [0.25, 0.3) is 0 Å². The maximum absolute atomic E-state index is 12.0. The number of benzene rings is 1. The quantitative estimate of drug-likeness (QED) is 0.474. The lowest BCUT2D eigenvalue weighted by Crippen LogP contribution is -2.31. The standard InChI is InChI=1S/C16H15ClN2O4/c1-18(10-12-2-4-14(17)5-3-12)15(20)11-23-16(21)13-6-8-19(22)9-7-13/h2-9H,10-11H2,1H3. The van der Waals surface area contributed by atoms with E-state index in [-0.39, 0.29) is 18.1 Å². The number of hydrogen-bond acceptors (Lipinski definition) is 4. The third-order valence-corrected chi connectivity index (χ3v) is 3.38. The van der Waals surface area contributed by atoms with Crippen molar-refractivity contribution in [3.8, 4) is 0 Å². The van der Waals surface area contributed by atoms with Crippen molar-refractivity contribution in [3.63, 3.8) is 0 Å². The van der Waals surface area contributed by atoms with E-state index in [1.165, 1.54) is 29.4 Å². The maximum atomic E-state index is 12.0. The average molecular weight is 335 g/mol. The molecule has 120 valence electrons. The van der Waals surface area contributed by atoms with Crippen molar-refractivity contribution < 1.29 is 19.1 Å². The molecule has 6 nitrogen and oxygen atoms in total. The first-order chi connectivity index (χ1) is 11.0. The van der Waals surface area contributed by atoms with Gasteiger partial charge in [-0.1, -0.05) is 23.7 Å². The summed E-state index contributed by atoms with van der Waals surface area (Å²) >= 11 is 5.80. The molecule has 23 heavy (non-hydrogen) atoms. The Balaban J connectivity index is 1.84. The first-order valence-electron chi connectivity index (χ1n) is 6.80. The summed E-state index contributed by atoms with van der Waals surface area (Å²) in [5, 5.41) is 11.5. The van der Waals surface area contributed by atoms with Crippen LogP contribution in [0, 0.1) is 5.21 Å². The van der Waals surface area contributed by atoms with Crippen molar-refractivity contribution in [2.45, 2.75) is 6.54 Å². The van der Waals surface area contributed by atoms with Gasteiger partial charge in [0.2, 0.25) is 0 Å². The number of pyridine rings is 1. The van der Waals surface area contributed by atoms with Crippen LogP contribution in [0.1, 0.15) is 15.9 Å². The van der Waals surface area contributed by atoms with Gasteiger partial charge in [-0.3, -0.25) is 4.79 Å². The Morgan fingerprint density at radius 1 is 1.17 bits per heavy atom. The van der Waals surface area contributed by atoms with E-state index in [2.05, 4.69) is 0 Å². The number of likely N-dealkylation sites (N-methyl/N-ethyl adjacent to an activating group) is 1. The zero-order valence-electron chi connectivity index (χ0n) is 12.4. The topological polar surface area (TPSA) is 73.5 Å². The lowest BCUT2D eigenvalue weighted by Gasteiger charge is -2.17. The summed E-state index contributed by atoms with van der Waals surface area (Å²) in [6.45, 7) is 0.0181. The number of nitrogens with zero attached hydrogens (tertiary/aromatic N) is 2. The van der Waals surface area contributed by atoms with Crippen LogP contribution in [0.2, 0.25) is 5.02 Å². The van der Waals surface area contributed by atoms with Crippen molar-refractivity contribution in [2.75, 3.05) is 13.7 Å². The van der Waals surface area contributed by atoms with Gasteiger partial charge < -0.3 is 14.8 Å². The smallest absolute Gasteiger partial charge is 0.339 e. The summed E-state index contributed by atoms with van der Waals surface area (Å²) in [5.41, 5.74) is 1.13. The van der Waals surface area contributed by atoms with E-state index in [0.29, 0.717) is 16.3 Å². The Bertz CT molecular complexity index is 686. The molecule has 0 radical (unpaired) electrons. The van der Waals surface area contributed by atoms with Crippen LogP contribution in [0.15, 0.2) is 48.8 Å². The number of carbonyl (C=O) groups is 2. The van der Waals surface area contributed by atoms with Gasteiger partial charge in [-0.05, 0) is 17.7 Å². The molecule has 7 heteroatoms. The molecule has 0 N–H and O–H groups in total. The lowest BCUT2D eigenvalue weighted by molar-refractivity contribution is -0.605. The van der Waals surface area contributed by atoms with Crippen LogP contribution >= 0.6 is 11.6 Å². The van der Waals surface area contributed by atoms with Gasteiger partial charge in [0, 0.05) is 30.7 Å². The molecule has 1 heterocycles. The monoisotopic (exact) mass is 334 g/mol. The van der Waals surface area contributed by atoms with Crippen molar-refractivity contribution in [1.29, 1.82) is 0 Å². The molecule has 1 aromatic heterocycles. The van der Waals surface area contributed by atoms with Gasteiger partial charge in [-0.15, -0.1) is 0 Å². The molecule has 2 aromatic rings. The number of hydrogen-bond donors (Lipinski definition) is 0. The van der Waals surface area contributed by atoms with Gasteiger partial charge in [0.1, 0.15) is 0 Å². The Morgan fingerprint density at radius 2 is 1.78 bits per heavy atom. The molecule has 0 saturated carbocycles. The molecule has 0 spiro atoms. The normalized spacial score (nSPS) is 10.2. The molecule has 0 fully saturated rings.